The van der Waals surface area contributed by atoms with Gasteiger partial charge in [-0.25, -0.2) is 4.72 Å². The summed E-state index contributed by atoms with van der Waals surface area (Å²) in [6, 6.07) is 0.632. The fraction of sp³-hybridized carbons (Fsp3) is 1.00. The quantitative estimate of drug-likeness (QED) is 0.781. The van der Waals surface area contributed by atoms with Crippen LogP contribution >= 0.6 is 0 Å². The van der Waals surface area contributed by atoms with Crippen molar-refractivity contribution in [2.75, 3.05) is 19.6 Å². The minimum Gasteiger partial charge on any atom is -0.314 e. The van der Waals surface area contributed by atoms with Gasteiger partial charge in [0, 0.05) is 25.2 Å². The number of hydrogen-bond donors (Lipinski definition) is 2. The summed E-state index contributed by atoms with van der Waals surface area (Å²) in [7, 11) is -3.27. The third-order valence-electron chi connectivity index (χ3n) is 3.99. The Morgan fingerprint density at radius 1 is 1.28 bits per heavy atom. The highest BCUT2D eigenvalue weighted by molar-refractivity contribution is 7.87. The van der Waals surface area contributed by atoms with Crippen LogP contribution in [0.15, 0.2) is 0 Å². The van der Waals surface area contributed by atoms with Crippen LogP contribution in [0.2, 0.25) is 0 Å². The standard InChI is InChI=1S/C12H25N3O2S/c1-11-5-2-3-10-15(11)18(16,17)14-9-7-12-6-4-8-13-12/h11-14H,2-10H2,1H3/t11?,12-/m1/s1. The lowest BCUT2D eigenvalue weighted by Gasteiger charge is -2.32. The summed E-state index contributed by atoms with van der Waals surface area (Å²) in [6.45, 7) is 4.28. The predicted molar refractivity (Wildman–Crippen MR) is 72.6 cm³/mol. The monoisotopic (exact) mass is 275 g/mol. The highest BCUT2D eigenvalue weighted by Crippen LogP contribution is 2.19. The van der Waals surface area contributed by atoms with Gasteiger partial charge >= 0.3 is 0 Å². The molecule has 0 amide bonds. The molecule has 0 spiro atoms. The van der Waals surface area contributed by atoms with Crippen molar-refractivity contribution < 1.29 is 8.42 Å². The van der Waals surface area contributed by atoms with Crippen molar-refractivity contribution in [3.05, 3.63) is 0 Å². The Labute approximate surface area is 110 Å². The molecule has 0 bridgehead atoms. The maximum absolute atomic E-state index is 12.2. The summed E-state index contributed by atoms with van der Waals surface area (Å²) in [6.07, 6.45) is 6.36. The van der Waals surface area contributed by atoms with Crippen LogP contribution in [0.1, 0.15) is 45.4 Å². The molecule has 0 aromatic rings. The van der Waals surface area contributed by atoms with Crippen LogP contribution in [0.3, 0.4) is 0 Å². The van der Waals surface area contributed by atoms with Crippen molar-refractivity contribution >= 4 is 10.2 Å². The Bertz CT molecular complexity index is 352. The average molecular weight is 275 g/mol. The fourth-order valence-electron chi connectivity index (χ4n) is 2.88. The Kier molecular flexibility index (Phi) is 5.00. The van der Waals surface area contributed by atoms with Crippen LogP contribution in [0.4, 0.5) is 0 Å². The highest BCUT2D eigenvalue weighted by atomic mass is 32.2. The normalized spacial score (nSPS) is 30.7. The smallest absolute Gasteiger partial charge is 0.279 e. The van der Waals surface area contributed by atoms with E-state index in [0.29, 0.717) is 19.1 Å². The predicted octanol–water partition coefficient (Wildman–Crippen LogP) is 0.837. The molecule has 2 aliphatic heterocycles. The van der Waals surface area contributed by atoms with Crippen molar-refractivity contribution in [1.82, 2.24) is 14.3 Å². The molecule has 2 aliphatic rings. The summed E-state index contributed by atoms with van der Waals surface area (Å²) < 4.78 is 28.7. The van der Waals surface area contributed by atoms with Gasteiger partial charge in [0.15, 0.2) is 0 Å². The van der Waals surface area contributed by atoms with Gasteiger partial charge in [-0.2, -0.15) is 12.7 Å². The van der Waals surface area contributed by atoms with E-state index in [1.54, 1.807) is 4.31 Å². The number of nitrogens with one attached hydrogen (secondary N) is 2. The number of rotatable bonds is 5. The third kappa shape index (κ3) is 3.66. The van der Waals surface area contributed by atoms with E-state index in [1.165, 1.54) is 12.8 Å². The van der Waals surface area contributed by atoms with Crippen LogP contribution < -0.4 is 10.0 Å². The molecule has 2 N–H and O–H groups in total. The molecule has 0 saturated carbocycles. The molecular formula is C12H25N3O2S. The molecule has 1 unspecified atom stereocenters. The molecule has 2 rings (SSSR count). The summed E-state index contributed by atoms with van der Waals surface area (Å²) in [4.78, 5) is 0. The second-order valence-corrected chi connectivity index (χ2v) is 7.14. The Hall–Kier alpha value is -0.170. The first kappa shape index (κ1) is 14.2. The number of hydrogen-bond acceptors (Lipinski definition) is 3. The van der Waals surface area contributed by atoms with Gasteiger partial charge in [0.25, 0.3) is 10.2 Å². The lowest BCUT2D eigenvalue weighted by Crippen LogP contribution is -2.48. The number of piperidine rings is 1. The Balaban J connectivity index is 1.78. The lowest BCUT2D eigenvalue weighted by atomic mass is 10.1. The van der Waals surface area contributed by atoms with Gasteiger partial charge in [0.2, 0.25) is 0 Å². The molecule has 0 radical (unpaired) electrons. The molecule has 2 atom stereocenters. The molecule has 106 valence electrons. The molecular weight excluding hydrogens is 250 g/mol. The summed E-state index contributed by atoms with van der Waals surface area (Å²) >= 11 is 0. The first-order valence-electron chi connectivity index (χ1n) is 7.09. The van der Waals surface area contributed by atoms with E-state index in [2.05, 4.69) is 10.0 Å². The van der Waals surface area contributed by atoms with Crippen molar-refractivity contribution in [3.63, 3.8) is 0 Å². The fourth-order valence-corrected chi connectivity index (χ4v) is 4.37. The minimum absolute atomic E-state index is 0.140. The largest absolute Gasteiger partial charge is 0.314 e. The minimum atomic E-state index is -3.27. The third-order valence-corrected chi connectivity index (χ3v) is 5.72. The van der Waals surface area contributed by atoms with Crippen LogP contribution in [0.25, 0.3) is 0 Å². The van der Waals surface area contributed by atoms with Crippen LogP contribution in [-0.2, 0) is 10.2 Å². The second-order valence-electron chi connectivity index (χ2n) is 5.44. The van der Waals surface area contributed by atoms with E-state index in [-0.39, 0.29) is 6.04 Å². The zero-order valence-electron chi connectivity index (χ0n) is 11.2. The van der Waals surface area contributed by atoms with Gasteiger partial charge in [0.05, 0.1) is 0 Å². The first-order chi connectivity index (χ1) is 8.59. The van der Waals surface area contributed by atoms with Gasteiger partial charge in [0.1, 0.15) is 0 Å². The summed E-state index contributed by atoms with van der Waals surface area (Å²) in [5.74, 6) is 0. The zero-order chi connectivity index (χ0) is 13.0. The van der Waals surface area contributed by atoms with Crippen LogP contribution in [0, 0.1) is 0 Å². The molecule has 18 heavy (non-hydrogen) atoms. The molecule has 5 nitrogen and oxygen atoms in total. The number of nitrogens with zero attached hydrogens (tertiary/aromatic N) is 1. The van der Waals surface area contributed by atoms with E-state index in [9.17, 15) is 8.42 Å². The van der Waals surface area contributed by atoms with E-state index >= 15 is 0 Å². The van der Waals surface area contributed by atoms with Gasteiger partial charge in [-0.15, -0.1) is 0 Å². The van der Waals surface area contributed by atoms with Gasteiger partial charge < -0.3 is 5.32 Å². The van der Waals surface area contributed by atoms with E-state index < -0.39 is 10.2 Å². The van der Waals surface area contributed by atoms with Gasteiger partial charge in [-0.3, -0.25) is 0 Å². The van der Waals surface area contributed by atoms with Crippen molar-refractivity contribution in [1.29, 1.82) is 0 Å². The molecule has 0 aliphatic carbocycles. The maximum Gasteiger partial charge on any atom is 0.279 e. The molecule has 2 fully saturated rings. The molecule has 0 aromatic carbocycles. The Morgan fingerprint density at radius 3 is 2.78 bits per heavy atom. The summed E-state index contributed by atoms with van der Waals surface area (Å²) in [5.41, 5.74) is 0. The molecule has 2 heterocycles. The van der Waals surface area contributed by atoms with Gasteiger partial charge in [-0.05, 0) is 45.6 Å². The van der Waals surface area contributed by atoms with Crippen molar-refractivity contribution in [2.45, 2.75) is 57.5 Å². The SMILES string of the molecule is CC1CCCCN1S(=O)(=O)NCC[C@H]1CCCN1. The van der Waals surface area contributed by atoms with E-state index in [1.807, 2.05) is 6.92 Å². The molecule has 2 saturated heterocycles. The average Bonchev–Trinajstić information content (AvgIpc) is 2.82. The molecule has 0 aromatic heterocycles. The van der Waals surface area contributed by atoms with Crippen LogP contribution in [0.5, 0.6) is 0 Å². The summed E-state index contributed by atoms with van der Waals surface area (Å²) in [5, 5.41) is 3.38. The van der Waals surface area contributed by atoms with Gasteiger partial charge in [-0.1, -0.05) is 6.42 Å². The first-order valence-corrected chi connectivity index (χ1v) is 8.53. The maximum atomic E-state index is 12.2. The van der Waals surface area contributed by atoms with Crippen LogP contribution in [-0.4, -0.2) is 44.4 Å². The second kappa shape index (κ2) is 6.32. The topological polar surface area (TPSA) is 61.4 Å². The Morgan fingerprint density at radius 2 is 2.11 bits per heavy atom. The van der Waals surface area contributed by atoms with E-state index in [4.69, 9.17) is 0 Å². The highest BCUT2D eigenvalue weighted by Gasteiger charge is 2.29. The zero-order valence-corrected chi connectivity index (χ0v) is 12.0. The lowest BCUT2D eigenvalue weighted by molar-refractivity contribution is 0.265. The molecule has 6 heteroatoms. The van der Waals surface area contributed by atoms with Crippen molar-refractivity contribution in [3.8, 4) is 0 Å². The van der Waals surface area contributed by atoms with Crippen molar-refractivity contribution in [2.24, 2.45) is 0 Å². The van der Waals surface area contributed by atoms with E-state index in [0.717, 1.165) is 32.2 Å².